The Balaban J connectivity index is 2.19. The van der Waals surface area contributed by atoms with Crippen molar-refractivity contribution >= 4 is 42.6 Å². The van der Waals surface area contributed by atoms with Crippen molar-refractivity contribution in [1.29, 1.82) is 0 Å². The third kappa shape index (κ3) is 3.51. The molecule has 0 radical (unpaired) electrons. The molecule has 0 N–H and O–H groups in total. The van der Waals surface area contributed by atoms with Crippen molar-refractivity contribution < 1.29 is 4.74 Å². The summed E-state index contributed by atoms with van der Waals surface area (Å²) in [5.74, 6) is 2.06. The van der Waals surface area contributed by atoms with Crippen molar-refractivity contribution in [3.63, 3.8) is 0 Å². The highest BCUT2D eigenvalue weighted by molar-refractivity contribution is 9.10. The van der Waals surface area contributed by atoms with E-state index in [1.807, 2.05) is 12.1 Å². The van der Waals surface area contributed by atoms with Crippen molar-refractivity contribution in [2.75, 3.05) is 11.9 Å². The van der Waals surface area contributed by atoms with Crippen LogP contribution in [0.5, 0.6) is 5.75 Å². The Morgan fingerprint density at radius 1 is 1.11 bits per heavy atom. The molecule has 0 saturated heterocycles. The second-order valence-corrected chi connectivity index (χ2v) is 6.51. The second-order valence-electron chi connectivity index (χ2n) is 5.07. The van der Waals surface area contributed by atoms with Gasteiger partial charge in [-0.15, -0.1) is 0 Å². The lowest BCUT2D eigenvalue weighted by Crippen LogP contribution is -2.19. The van der Waals surface area contributed by atoms with Crippen LogP contribution in [-0.4, -0.2) is 11.9 Å². The molecular weight excluding hydrogens is 368 g/mol. The molecule has 2 rings (SSSR count). The molecule has 0 aromatic heterocycles. The zero-order chi connectivity index (χ0) is 13.8. The smallest absolute Gasteiger partial charge is 0.134 e. The number of rotatable bonds is 5. The molecule has 0 aliphatic heterocycles. The van der Waals surface area contributed by atoms with Crippen LogP contribution >= 0.6 is 31.9 Å². The summed E-state index contributed by atoms with van der Waals surface area (Å²) >= 11 is 7.21. The Kier molecular flexibility index (Phi) is 5.28. The molecule has 102 valence electrons. The number of hydrogen-bond donors (Lipinski definition) is 0. The molecule has 0 saturated carbocycles. The van der Waals surface area contributed by atoms with Gasteiger partial charge in [-0.2, -0.15) is 0 Å². The van der Waals surface area contributed by atoms with Gasteiger partial charge in [-0.1, -0.05) is 60.1 Å². The van der Waals surface area contributed by atoms with Crippen LogP contribution in [0.25, 0.3) is 10.8 Å². The third-order valence-electron chi connectivity index (χ3n) is 3.42. The average Bonchev–Trinajstić information content (AvgIpc) is 2.41. The molecule has 0 amide bonds. The minimum atomic E-state index is 0.526. The highest BCUT2D eigenvalue weighted by atomic mass is 79.9. The number of benzene rings is 2. The normalized spacial score (nSPS) is 12.9. The zero-order valence-electron chi connectivity index (χ0n) is 11.2. The summed E-state index contributed by atoms with van der Waals surface area (Å²) < 4.78 is 7.03. The maximum Gasteiger partial charge on any atom is 0.134 e. The first-order valence-corrected chi connectivity index (χ1v) is 8.41. The summed E-state index contributed by atoms with van der Waals surface area (Å²) in [6.07, 6.45) is 0. The lowest BCUT2D eigenvalue weighted by Gasteiger charge is -2.19. The molecule has 3 heteroatoms. The van der Waals surface area contributed by atoms with Crippen LogP contribution < -0.4 is 4.74 Å². The maximum absolute atomic E-state index is 5.98. The van der Waals surface area contributed by atoms with Crippen LogP contribution in [0.15, 0.2) is 40.9 Å². The minimum absolute atomic E-state index is 0.526. The fourth-order valence-electron chi connectivity index (χ4n) is 1.94. The Hall–Kier alpha value is -0.540. The lowest BCUT2D eigenvalue weighted by molar-refractivity contribution is 0.227. The van der Waals surface area contributed by atoms with Crippen LogP contribution in [0.4, 0.5) is 0 Å². The van der Waals surface area contributed by atoms with Gasteiger partial charge in [-0.25, -0.2) is 0 Å². The first kappa shape index (κ1) is 14.9. The number of alkyl halides is 1. The largest absolute Gasteiger partial charge is 0.492 e. The van der Waals surface area contributed by atoms with E-state index in [-0.39, 0.29) is 0 Å². The molecule has 1 atom stereocenters. The summed E-state index contributed by atoms with van der Waals surface area (Å²) in [5.41, 5.74) is 0. The van der Waals surface area contributed by atoms with Gasteiger partial charge in [0.25, 0.3) is 0 Å². The Morgan fingerprint density at radius 3 is 2.53 bits per heavy atom. The van der Waals surface area contributed by atoms with E-state index in [1.54, 1.807) is 0 Å². The Bertz CT molecular complexity index is 551. The van der Waals surface area contributed by atoms with E-state index in [0.29, 0.717) is 11.8 Å². The molecule has 1 unspecified atom stereocenters. The van der Waals surface area contributed by atoms with Gasteiger partial charge < -0.3 is 4.74 Å². The molecule has 19 heavy (non-hydrogen) atoms. The summed E-state index contributed by atoms with van der Waals surface area (Å²) in [6.45, 7) is 5.19. The topological polar surface area (TPSA) is 9.23 Å². The van der Waals surface area contributed by atoms with E-state index in [9.17, 15) is 0 Å². The monoisotopic (exact) mass is 384 g/mol. The van der Waals surface area contributed by atoms with Gasteiger partial charge in [-0.3, -0.25) is 0 Å². The summed E-state index contributed by atoms with van der Waals surface area (Å²) in [7, 11) is 0. The standard InChI is InChI=1S/C16H18Br2O/c1-11(2)13(9-17)10-19-15-8-7-12-5-3-4-6-14(12)16(15)18/h3-8,11,13H,9-10H2,1-2H3. The van der Waals surface area contributed by atoms with Gasteiger partial charge >= 0.3 is 0 Å². The number of halogens is 2. The van der Waals surface area contributed by atoms with Gasteiger partial charge in [-0.05, 0) is 38.7 Å². The molecular formula is C16H18Br2O. The first-order valence-electron chi connectivity index (χ1n) is 6.49. The van der Waals surface area contributed by atoms with E-state index < -0.39 is 0 Å². The zero-order valence-corrected chi connectivity index (χ0v) is 14.4. The summed E-state index contributed by atoms with van der Waals surface area (Å²) in [6, 6.07) is 12.5. The fourth-order valence-corrected chi connectivity index (χ4v) is 3.48. The molecule has 0 fully saturated rings. The highest BCUT2D eigenvalue weighted by Crippen LogP contribution is 2.33. The van der Waals surface area contributed by atoms with Crippen LogP contribution in [-0.2, 0) is 0 Å². The molecule has 0 aliphatic rings. The molecule has 2 aromatic rings. The van der Waals surface area contributed by atoms with Crippen LogP contribution in [0.2, 0.25) is 0 Å². The molecule has 0 aliphatic carbocycles. The van der Waals surface area contributed by atoms with Crippen LogP contribution in [0.3, 0.4) is 0 Å². The highest BCUT2D eigenvalue weighted by Gasteiger charge is 2.14. The van der Waals surface area contributed by atoms with E-state index in [1.165, 1.54) is 10.8 Å². The number of hydrogen-bond acceptors (Lipinski definition) is 1. The third-order valence-corrected chi connectivity index (χ3v) is 5.07. The maximum atomic E-state index is 5.98. The molecule has 0 heterocycles. The van der Waals surface area contributed by atoms with Crippen LogP contribution in [0, 0.1) is 11.8 Å². The van der Waals surface area contributed by atoms with Crippen LogP contribution in [0.1, 0.15) is 13.8 Å². The molecule has 2 aromatic carbocycles. The van der Waals surface area contributed by atoms with Gasteiger partial charge in [0, 0.05) is 11.2 Å². The van der Waals surface area contributed by atoms with Crippen molar-refractivity contribution in [3.8, 4) is 5.75 Å². The number of fused-ring (bicyclic) bond motifs is 1. The number of ether oxygens (including phenoxy) is 1. The molecule has 0 bridgehead atoms. The predicted octanol–water partition coefficient (Wildman–Crippen LogP) is 5.65. The van der Waals surface area contributed by atoms with Gasteiger partial charge in [0.15, 0.2) is 0 Å². The molecule has 1 nitrogen and oxygen atoms in total. The van der Waals surface area contributed by atoms with E-state index >= 15 is 0 Å². The fraction of sp³-hybridized carbons (Fsp3) is 0.375. The summed E-state index contributed by atoms with van der Waals surface area (Å²) in [5, 5.41) is 3.39. The Morgan fingerprint density at radius 2 is 1.84 bits per heavy atom. The average molecular weight is 386 g/mol. The van der Waals surface area contributed by atoms with Crippen molar-refractivity contribution in [2.24, 2.45) is 11.8 Å². The van der Waals surface area contributed by atoms with E-state index in [0.717, 1.165) is 22.2 Å². The van der Waals surface area contributed by atoms with E-state index in [4.69, 9.17) is 4.74 Å². The molecule has 0 spiro atoms. The SMILES string of the molecule is CC(C)C(CBr)COc1ccc2ccccc2c1Br. The van der Waals surface area contributed by atoms with E-state index in [2.05, 4.69) is 70.0 Å². The quantitative estimate of drug-likeness (QED) is 0.604. The van der Waals surface area contributed by atoms with Crippen molar-refractivity contribution in [3.05, 3.63) is 40.9 Å². The second kappa shape index (κ2) is 6.76. The first-order chi connectivity index (χ1) is 9.13. The van der Waals surface area contributed by atoms with Gasteiger partial charge in [0.1, 0.15) is 5.75 Å². The lowest BCUT2D eigenvalue weighted by atomic mass is 9.99. The van der Waals surface area contributed by atoms with Crippen molar-refractivity contribution in [1.82, 2.24) is 0 Å². The Labute approximate surface area is 131 Å². The predicted molar refractivity (Wildman–Crippen MR) is 89.3 cm³/mol. The summed E-state index contributed by atoms with van der Waals surface area (Å²) in [4.78, 5) is 0. The van der Waals surface area contributed by atoms with Crippen molar-refractivity contribution in [2.45, 2.75) is 13.8 Å². The van der Waals surface area contributed by atoms with Gasteiger partial charge in [0.05, 0.1) is 11.1 Å². The minimum Gasteiger partial charge on any atom is -0.492 e. The van der Waals surface area contributed by atoms with Gasteiger partial charge in [0.2, 0.25) is 0 Å².